The second kappa shape index (κ2) is 2.81. The highest BCUT2D eigenvalue weighted by Gasteiger charge is 2.16. The van der Waals surface area contributed by atoms with Crippen molar-refractivity contribution in [3.05, 3.63) is 42.3 Å². The van der Waals surface area contributed by atoms with Crippen LogP contribution in [0.3, 0.4) is 0 Å². The first-order valence-corrected chi connectivity index (χ1v) is 3.97. The van der Waals surface area contributed by atoms with Crippen LogP contribution in [0.1, 0.15) is 6.42 Å². The van der Waals surface area contributed by atoms with E-state index >= 15 is 0 Å². The third kappa shape index (κ3) is 1.28. The van der Waals surface area contributed by atoms with E-state index in [0.29, 0.717) is 12.0 Å². The molecule has 2 unspecified atom stereocenters. The Kier molecular flexibility index (Phi) is 1.66. The summed E-state index contributed by atoms with van der Waals surface area (Å²) in [5.74, 6) is 0.617. The lowest BCUT2D eigenvalue weighted by Crippen LogP contribution is -2.29. The van der Waals surface area contributed by atoms with E-state index in [1.807, 2.05) is 6.20 Å². The van der Waals surface area contributed by atoms with E-state index in [-0.39, 0.29) is 0 Å². The predicted octanol–water partition coefficient (Wildman–Crippen LogP) is 1.76. The monoisotopic (exact) mass is 145 g/mol. The maximum atomic E-state index is 3.28. The van der Waals surface area contributed by atoms with Crippen molar-refractivity contribution in [3.8, 4) is 0 Å². The summed E-state index contributed by atoms with van der Waals surface area (Å²) in [7, 11) is 0. The maximum absolute atomic E-state index is 3.28. The van der Waals surface area contributed by atoms with E-state index < -0.39 is 0 Å². The Morgan fingerprint density at radius 2 is 2.18 bits per heavy atom. The van der Waals surface area contributed by atoms with Crippen molar-refractivity contribution >= 4 is 0 Å². The van der Waals surface area contributed by atoms with Crippen LogP contribution < -0.4 is 5.32 Å². The molecule has 0 aromatic rings. The van der Waals surface area contributed by atoms with Gasteiger partial charge in [0.25, 0.3) is 0 Å². The van der Waals surface area contributed by atoms with Crippen molar-refractivity contribution < 1.29 is 0 Å². The highest BCUT2D eigenvalue weighted by Crippen LogP contribution is 2.17. The van der Waals surface area contributed by atoms with Gasteiger partial charge in [-0.2, -0.15) is 0 Å². The van der Waals surface area contributed by atoms with Gasteiger partial charge >= 0.3 is 0 Å². The lowest BCUT2D eigenvalue weighted by Gasteiger charge is -2.21. The topological polar surface area (TPSA) is 12.0 Å². The van der Waals surface area contributed by atoms with Crippen LogP contribution in [-0.4, -0.2) is 6.04 Å². The first-order chi connectivity index (χ1) is 5.47. The average Bonchev–Trinajstić information content (AvgIpc) is 2.28. The predicted molar refractivity (Wildman–Crippen MR) is 46.0 cm³/mol. The molecule has 11 heavy (non-hydrogen) atoms. The molecule has 1 aliphatic heterocycles. The van der Waals surface area contributed by atoms with Gasteiger partial charge in [0.05, 0.1) is 6.04 Å². The van der Waals surface area contributed by atoms with Crippen molar-refractivity contribution in [1.29, 1.82) is 0 Å². The van der Waals surface area contributed by atoms with E-state index in [1.165, 1.54) is 0 Å². The van der Waals surface area contributed by atoms with Gasteiger partial charge in [0.15, 0.2) is 0 Å². The van der Waals surface area contributed by atoms with Gasteiger partial charge in [0, 0.05) is 12.1 Å². The summed E-state index contributed by atoms with van der Waals surface area (Å²) in [6, 6.07) is 0.478. The fourth-order valence-corrected chi connectivity index (χ4v) is 1.46. The summed E-state index contributed by atoms with van der Waals surface area (Å²) >= 11 is 0. The molecule has 2 atom stereocenters. The molecule has 1 aliphatic carbocycles. The molecule has 0 radical (unpaired) electrons. The second-order valence-corrected chi connectivity index (χ2v) is 2.88. The lowest BCUT2D eigenvalue weighted by atomic mass is 9.93. The van der Waals surface area contributed by atoms with Crippen LogP contribution in [-0.2, 0) is 0 Å². The van der Waals surface area contributed by atoms with Crippen LogP contribution in [0.5, 0.6) is 0 Å². The zero-order chi connectivity index (χ0) is 7.52. The first-order valence-electron chi connectivity index (χ1n) is 3.97. The normalized spacial score (nSPS) is 32.7. The molecule has 0 amide bonds. The van der Waals surface area contributed by atoms with Gasteiger partial charge in [-0.05, 0) is 12.5 Å². The highest BCUT2D eigenvalue weighted by molar-refractivity contribution is 5.19. The Bertz CT molecular complexity index is 230. The molecule has 0 aromatic carbocycles. The molecule has 0 spiro atoms. The Morgan fingerprint density at radius 3 is 3.18 bits per heavy atom. The summed E-state index contributed by atoms with van der Waals surface area (Å²) in [6.07, 6.45) is 13.7. The molecule has 0 saturated carbocycles. The summed E-state index contributed by atoms with van der Waals surface area (Å²) in [4.78, 5) is 0. The highest BCUT2D eigenvalue weighted by atomic mass is 14.9. The van der Waals surface area contributed by atoms with Crippen molar-refractivity contribution in [3.63, 3.8) is 0 Å². The molecular weight excluding hydrogens is 134 g/mol. The molecule has 1 heterocycles. The molecule has 56 valence electrons. The third-order valence-corrected chi connectivity index (χ3v) is 2.12. The number of hydrogen-bond acceptors (Lipinski definition) is 1. The van der Waals surface area contributed by atoms with Crippen molar-refractivity contribution in [2.75, 3.05) is 0 Å². The van der Waals surface area contributed by atoms with E-state index in [1.54, 1.807) is 0 Å². The Hall–Kier alpha value is -1.20. The molecule has 0 fully saturated rings. The summed E-state index contributed by atoms with van der Waals surface area (Å²) in [5, 5.41) is 3.28. The summed E-state index contributed by atoms with van der Waals surface area (Å²) < 4.78 is 0. The van der Waals surface area contributed by atoms with E-state index in [4.69, 9.17) is 0 Å². The van der Waals surface area contributed by atoms with Crippen molar-refractivity contribution in [2.45, 2.75) is 12.5 Å². The minimum atomic E-state index is 0.478. The first kappa shape index (κ1) is 6.51. The second-order valence-electron chi connectivity index (χ2n) is 2.88. The zero-order valence-electron chi connectivity index (χ0n) is 6.33. The fraction of sp³-hybridized carbons (Fsp3) is 0.300. The van der Waals surface area contributed by atoms with Crippen LogP contribution >= 0.6 is 0 Å². The smallest absolute Gasteiger partial charge is 0.0513 e. The number of rotatable bonds is 0. The number of fused-ring (bicyclic) bond motifs is 1. The number of hydrogen-bond donors (Lipinski definition) is 1. The molecule has 0 saturated heterocycles. The standard InChI is InChI=1S/C10H11N/c1-2-7-10-9(5-1)6-3-4-8-11-10/h1-3,5,7-11H,6H2. The van der Waals surface area contributed by atoms with Crippen molar-refractivity contribution in [2.24, 2.45) is 5.92 Å². The van der Waals surface area contributed by atoms with E-state index in [2.05, 4.69) is 41.4 Å². The van der Waals surface area contributed by atoms with Gasteiger partial charge in [-0.1, -0.05) is 24.3 Å². The van der Waals surface area contributed by atoms with Crippen LogP contribution in [0.15, 0.2) is 42.3 Å². The van der Waals surface area contributed by atoms with Crippen LogP contribution in [0, 0.1) is 5.92 Å². The minimum Gasteiger partial charge on any atom is -0.378 e. The summed E-state index contributed by atoms with van der Waals surface area (Å²) in [5.41, 5.74) is 3.07. The minimum absolute atomic E-state index is 0.478. The Labute approximate surface area is 66.8 Å². The zero-order valence-corrected chi connectivity index (χ0v) is 6.33. The van der Waals surface area contributed by atoms with Gasteiger partial charge < -0.3 is 5.32 Å². The lowest BCUT2D eigenvalue weighted by molar-refractivity contribution is 0.528. The maximum Gasteiger partial charge on any atom is 0.0513 e. The Morgan fingerprint density at radius 1 is 1.27 bits per heavy atom. The van der Waals surface area contributed by atoms with Crippen molar-refractivity contribution in [1.82, 2.24) is 5.32 Å². The van der Waals surface area contributed by atoms with Gasteiger partial charge in [0.1, 0.15) is 0 Å². The van der Waals surface area contributed by atoms with E-state index in [9.17, 15) is 0 Å². The van der Waals surface area contributed by atoms with Gasteiger partial charge in [-0.15, -0.1) is 5.73 Å². The molecule has 0 aromatic heterocycles. The molecule has 1 heteroatoms. The molecule has 0 bridgehead atoms. The summed E-state index contributed by atoms with van der Waals surface area (Å²) in [6.45, 7) is 0. The molecule has 2 aliphatic rings. The SMILES string of the molecule is C1=CCC2C=CC=CC2NC=1. The van der Waals surface area contributed by atoms with Crippen LogP contribution in [0.2, 0.25) is 0 Å². The quantitative estimate of drug-likeness (QED) is 0.512. The third-order valence-electron chi connectivity index (χ3n) is 2.12. The number of allylic oxidation sites excluding steroid dienone is 3. The van der Waals surface area contributed by atoms with Gasteiger partial charge in [-0.25, -0.2) is 0 Å². The number of nitrogens with one attached hydrogen (secondary N) is 1. The van der Waals surface area contributed by atoms with E-state index in [0.717, 1.165) is 6.42 Å². The largest absolute Gasteiger partial charge is 0.378 e. The average molecular weight is 145 g/mol. The van der Waals surface area contributed by atoms with Gasteiger partial charge in [-0.3, -0.25) is 0 Å². The molecular formula is C10H11N. The molecule has 2 rings (SSSR count). The Balaban J connectivity index is 2.19. The van der Waals surface area contributed by atoms with Crippen LogP contribution in [0.4, 0.5) is 0 Å². The molecule has 1 nitrogen and oxygen atoms in total. The van der Waals surface area contributed by atoms with Crippen LogP contribution in [0.25, 0.3) is 0 Å². The fourth-order valence-electron chi connectivity index (χ4n) is 1.46. The molecule has 1 N–H and O–H groups in total. The van der Waals surface area contributed by atoms with Gasteiger partial charge in [0.2, 0.25) is 0 Å².